The summed E-state index contributed by atoms with van der Waals surface area (Å²) in [6, 6.07) is 2.42. The third kappa shape index (κ3) is 4.57. The number of nitro groups is 2. The van der Waals surface area contributed by atoms with E-state index in [9.17, 15) is 34.6 Å². The molecule has 0 aliphatic rings. The fourth-order valence-electron chi connectivity index (χ4n) is 2.45. The molecule has 1 heterocycles. The Hall–Kier alpha value is -3.87. The number of rotatable bonds is 7. The third-order valence-corrected chi connectivity index (χ3v) is 5.00. The van der Waals surface area contributed by atoms with Gasteiger partial charge in [0.05, 0.1) is 40.8 Å². The molecule has 1 amide bonds. The maximum Gasteiger partial charge on any atom is 0.348 e. The van der Waals surface area contributed by atoms with Gasteiger partial charge in [0.15, 0.2) is 0 Å². The summed E-state index contributed by atoms with van der Waals surface area (Å²) in [6.07, 6.45) is 0. The maximum atomic E-state index is 12.6. The second-order valence-corrected chi connectivity index (χ2v) is 6.70. The molecule has 0 unspecified atom stereocenters. The van der Waals surface area contributed by atoms with Crippen molar-refractivity contribution >= 4 is 45.6 Å². The summed E-state index contributed by atoms with van der Waals surface area (Å²) in [6.45, 7) is 3.07. The maximum absolute atomic E-state index is 12.6. The van der Waals surface area contributed by atoms with Crippen LogP contribution in [0, 0.1) is 27.2 Å². The minimum atomic E-state index is -0.954. The molecule has 30 heavy (non-hydrogen) atoms. The molecule has 0 bridgehead atoms. The first-order valence-corrected chi connectivity index (χ1v) is 9.06. The Bertz CT molecular complexity index is 1030. The van der Waals surface area contributed by atoms with Crippen molar-refractivity contribution in [1.82, 2.24) is 0 Å². The van der Waals surface area contributed by atoms with Crippen molar-refractivity contribution in [2.45, 2.75) is 13.8 Å². The molecular formula is C17H15N3O9S. The van der Waals surface area contributed by atoms with Gasteiger partial charge in [-0.1, -0.05) is 0 Å². The largest absolute Gasteiger partial charge is 0.465 e. The summed E-state index contributed by atoms with van der Waals surface area (Å²) in [5.74, 6) is -2.50. The first-order valence-electron chi connectivity index (χ1n) is 8.24. The normalized spacial score (nSPS) is 10.2. The average molecular weight is 437 g/mol. The first-order chi connectivity index (χ1) is 14.1. The van der Waals surface area contributed by atoms with E-state index in [0.717, 1.165) is 30.6 Å². The summed E-state index contributed by atoms with van der Waals surface area (Å²) >= 11 is 0.742. The number of esters is 2. The number of benzene rings is 1. The van der Waals surface area contributed by atoms with Crippen molar-refractivity contribution in [3.63, 3.8) is 0 Å². The lowest BCUT2D eigenvalue weighted by molar-refractivity contribution is -0.394. The lowest BCUT2D eigenvalue weighted by Crippen LogP contribution is -2.15. The minimum Gasteiger partial charge on any atom is -0.465 e. The number of carbonyl (C=O) groups is 3. The molecule has 0 radical (unpaired) electrons. The number of nitro benzene ring substituents is 2. The molecule has 0 spiro atoms. The molecule has 0 saturated carbocycles. The topological polar surface area (TPSA) is 168 Å². The van der Waals surface area contributed by atoms with Gasteiger partial charge in [-0.2, -0.15) is 0 Å². The van der Waals surface area contributed by atoms with Gasteiger partial charge in [-0.15, -0.1) is 11.3 Å². The number of non-ortho nitro benzene ring substituents is 2. The molecule has 0 saturated heterocycles. The number of ether oxygens (including phenoxy) is 2. The molecular weight excluding hydrogens is 422 g/mol. The van der Waals surface area contributed by atoms with Crippen LogP contribution in [0.15, 0.2) is 18.2 Å². The van der Waals surface area contributed by atoms with E-state index in [1.165, 1.54) is 6.92 Å². The average Bonchev–Trinajstić information content (AvgIpc) is 3.02. The van der Waals surface area contributed by atoms with Gasteiger partial charge in [0.1, 0.15) is 9.88 Å². The number of nitrogens with one attached hydrogen (secondary N) is 1. The van der Waals surface area contributed by atoms with Gasteiger partial charge >= 0.3 is 11.9 Å². The van der Waals surface area contributed by atoms with E-state index in [1.807, 2.05) is 0 Å². The predicted octanol–water partition coefficient (Wildman–Crippen LogP) is 3.09. The summed E-state index contributed by atoms with van der Waals surface area (Å²) in [5, 5.41) is 24.3. The second-order valence-electron chi connectivity index (χ2n) is 5.68. The van der Waals surface area contributed by atoms with Crippen LogP contribution in [0.5, 0.6) is 0 Å². The van der Waals surface area contributed by atoms with Crippen molar-refractivity contribution in [2.24, 2.45) is 0 Å². The number of hydrogen-bond donors (Lipinski definition) is 1. The molecule has 0 atom stereocenters. The van der Waals surface area contributed by atoms with Crippen LogP contribution in [0.25, 0.3) is 0 Å². The Morgan fingerprint density at radius 1 is 1.07 bits per heavy atom. The van der Waals surface area contributed by atoms with Crippen LogP contribution >= 0.6 is 11.3 Å². The predicted molar refractivity (Wildman–Crippen MR) is 104 cm³/mol. The van der Waals surface area contributed by atoms with Crippen LogP contribution in [0.2, 0.25) is 0 Å². The zero-order valence-electron chi connectivity index (χ0n) is 15.9. The highest BCUT2D eigenvalue weighted by Gasteiger charge is 2.28. The summed E-state index contributed by atoms with van der Waals surface area (Å²) in [5.41, 5.74) is -1.56. The molecule has 158 valence electrons. The second kappa shape index (κ2) is 9.09. The van der Waals surface area contributed by atoms with E-state index in [-0.39, 0.29) is 33.2 Å². The molecule has 12 nitrogen and oxygen atoms in total. The fraction of sp³-hybridized carbons (Fsp3) is 0.235. The van der Waals surface area contributed by atoms with Crippen LogP contribution in [-0.2, 0) is 9.47 Å². The van der Waals surface area contributed by atoms with E-state index in [0.29, 0.717) is 6.07 Å². The number of carbonyl (C=O) groups excluding carboxylic acids is 3. The van der Waals surface area contributed by atoms with Gasteiger partial charge in [-0.05, 0) is 19.4 Å². The fourth-order valence-corrected chi connectivity index (χ4v) is 3.56. The Balaban J connectivity index is 2.52. The number of hydrogen-bond acceptors (Lipinski definition) is 10. The Morgan fingerprint density at radius 3 is 2.10 bits per heavy atom. The van der Waals surface area contributed by atoms with E-state index >= 15 is 0 Å². The number of nitrogens with zero attached hydrogens (tertiary/aromatic N) is 2. The SMILES string of the molecule is CCOC(=O)c1c(NC(=O)c2cc([N+](=O)[O-])cc([N+](=O)[O-])c2)sc(C(=O)OC)c1C. The van der Waals surface area contributed by atoms with Crippen molar-refractivity contribution in [3.05, 3.63) is 60.0 Å². The highest BCUT2D eigenvalue weighted by atomic mass is 32.1. The van der Waals surface area contributed by atoms with Gasteiger partial charge in [-0.25, -0.2) is 9.59 Å². The van der Waals surface area contributed by atoms with Gasteiger partial charge in [0, 0.05) is 12.1 Å². The number of anilines is 1. The molecule has 1 aromatic heterocycles. The number of thiophene rings is 1. The summed E-state index contributed by atoms with van der Waals surface area (Å²) in [7, 11) is 1.14. The monoisotopic (exact) mass is 437 g/mol. The molecule has 0 aliphatic carbocycles. The van der Waals surface area contributed by atoms with Crippen LogP contribution < -0.4 is 5.32 Å². The third-order valence-electron chi connectivity index (χ3n) is 3.81. The standard InChI is InChI=1S/C17H15N3O9S/c1-4-29-16(22)12-8(2)13(17(23)28-3)30-15(12)18-14(21)9-5-10(19(24)25)7-11(6-9)20(26)27/h5-7H,4H2,1-3H3,(H,18,21). The number of methoxy groups -OCH3 is 1. The number of amides is 1. The van der Waals surface area contributed by atoms with Crippen LogP contribution in [0.3, 0.4) is 0 Å². The smallest absolute Gasteiger partial charge is 0.348 e. The van der Waals surface area contributed by atoms with Crippen molar-refractivity contribution in [3.8, 4) is 0 Å². The van der Waals surface area contributed by atoms with Crippen molar-refractivity contribution in [2.75, 3.05) is 19.0 Å². The van der Waals surface area contributed by atoms with E-state index in [1.54, 1.807) is 6.92 Å². The van der Waals surface area contributed by atoms with Crippen molar-refractivity contribution in [1.29, 1.82) is 0 Å². The molecule has 2 aromatic rings. The van der Waals surface area contributed by atoms with Gasteiger partial charge in [0.2, 0.25) is 0 Å². The highest BCUT2D eigenvalue weighted by molar-refractivity contribution is 7.18. The zero-order valence-corrected chi connectivity index (χ0v) is 16.7. The van der Waals surface area contributed by atoms with Gasteiger partial charge in [0.25, 0.3) is 17.3 Å². The molecule has 1 N–H and O–H groups in total. The Labute approximate surface area is 172 Å². The van der Waals surface area contributed by atoms with Crippen LogP contribution in [0.1, 0.15) is 42.9 Å². The molecule has 0 fully saturated rings. The first kappa shape index (κ1) is 22.4. The van der Waals surface area contributed by atoms with Crippen LogP contribution in [-0.4, -0.2) is 41.4 Å². The Kier molecular flexibility index (Phi) is 6.79. The van der Waals surface area contributed by atoms with E-state index in [4.69, 9.17) is 4.74 Å². The lowest BCUT2D eigenvalue weighted by atomic mass is 10.1. The summed E-state index contributed by atoms with van der Waals surface area (Å²) in [4.78, 5) is 57.2. The highest BCUT2D eigenvalue weighted by Crippen LogP contribution is 2.35. The quantitative estimate of drug-likeness (QED) is 0.388. The van der Waals surface area contributed by atoms with E-state index < -0.39 is 39.1 Å². The molecule has 13 heteroatoms. The van der Waals surface area contributed by atoms with Crippen LogP contribution in [0.4, 0.5) is 16.4 Å². The zero-order chi connectivity index (χ0) is 22.6. The lowest BCUT2D eigenvalue weighted by Gasteiger charge is -2.07. The van der Waals surface area contributed by atoms with Crippen molar-refractivity contribution < 1.29 is 33.7 Å². The molecule has 1 aromatic carbocycles. The van der Waals surface area contributed by atoms with Gasteiger partial charge < -0.3 is 14.8 Å². The molecule has 0 aliphatic heterocycles. The minimum absolute atomic E-state index is 0.0339. The van der Waals surface area contributed by atoms with Gasteiger partial charge in [-0.3, -0.25) is 25.0 Å². The summed E-state index contributed by atoms with van der Waals surface area (Å²) < 4.78 is 9.61. The van der Waals surface area contributed by atoms with E-state index in [2.05, 4.69) is 10.1 Å². The molecule has 2 rings (SSSR count). The Morgan fingerprint density at radius 2 is 1.63 bits per heavy atom.